The molecule has 0 unspecified atom stereocenters. The second kappa shape index (κ2) is 10.5. The lowest BCUT2D eigenvalue weighted by atomic mass is 9.94. The van der Waals surface area contributed by atoms with E-state index in [1.165, 1.54) is 0 Å². The van der Waals surface area contributed by atoms with E-state index in [4.69, 9.17) is 9.72 Å². The van der Waals surface area contributed by atoms with Crippen molar-refractivity contribution in [2.75, 3.05) is 5.32 Å². The Labute approximate surface area is 227 Å². The molecule has 4 aromatic rings. The molecule has 0 radical (unpaired) electrons. The van der Waals surface area contributed by atoms with E-state index in [1.54, 1.807) is 18.5 Å². The number of pyridine rings is 1. The van der Waals surface area contributed by atoms with Crippen molar-refractivity contribution in [3.05, 3.63) is 72.1 Å². The number of aromatic nitrogens is 3. The summed E-state index contributed by atoms with van der Waals surface area (Å²) in [6, 6.07) is 15.1. The fourth-order valence-corrected chi connectivity index (χ4v) is 7.14. The molecule has 0 saturated heterocycles. The van der Waals surface area contributed by atoms with E-state index in [9.17, 15) is 12.8 Å². The van der Waals surface area contributed by atoms with E-state index in [0.29, 0.717) is 41.7 Å². The highest BCUT2D eigenvalue weighted by Crippen LogP contribution is 2.40. The number of ether oxygens (including phenoxy) is 1. The molecule has 2 atom stereocenters. The molecule has 9 heteroatoms. The van der Waals surface area contributed by atoms with Gasteiger partial charge in [-0.1, -0.05) is 30.3 Å². The first-order chi connectivity index (χ1) is 18.9. The Morgan fingerprint density at radius 1 is 1.00 bits per heavy atom. The zero-order valence-corrected chi connectivity index (χ0v) is 22.6. The number of rotatable bonds is 8. The molecule has 6 rings (SSSR count). The van der Waals surface area contributed by atoms with Crippen LogP contribution in [0.25, 0.3) is 22.0 Å². The van der Waals surface area contributed by atoms with Crippen LogP contribution in [0.2, 0.25) is 0 Å². The molecule has 2 saturated carbocycles. The Kier molecular flexibility index (Phi) is 6.93. The molecular formula is C30H31FN4O3S. The number of halogens is 1. The molecule has 2 aliphatic rings. The summed E-state index contributed by atoms with van der Waals surface area (Å²) in [6.07, 6.45) is 6.84. The Hall–Kier alpha value is -3.59. The molecule has 2 heterocycles. The average molecular weight is 547 g/mol. The van der Waals surface area contributed by atoms with Gasteiger partial charge in [0.05, 0.1) is 22.3 Å². The molecule has 2 aromatic carbocycles. The van der Waals surface area contributed by atoms with E-state index in [-0.39, 0.29) is 17.0 Å². The number of anilines is 1. The summed E-state index contributed by atoms with van der Waals surface area (Å²) in [5, 5.41) is 4.76. The van der Waals surface area contributed by atoms with Crippen molar-refractivity contribution in [3.8, 4) is 22.9 Å². The Balaban J connectivity index is 1.33. The van der Waals surface area contributed by atoms with Gasteiger partial charge in [0.1, 0.15) is 11.9 Å². The van der Waals surface area contributed by atoms with Gasteiger partial charge in [0.15, 0.2) is 9.84 Å². The number of hydrogen-bond donors (Lipinski definition) is 1. The van der Waals surface area contributed by atoms with Crippen molar-refractivity contribution in [3.63, 3.8) is 0 Å². The predicted octanol–water partition coefficient (Wildman–Crippen LogP) is 6.56. The standard InChI is InChI=1S/C30H31FN4O3S/c1-19-16-20(18-39(36,37)23-11-12-23)24-8-2-3-9-25(24)28(19)38-29-26(10-5-14-32-29)27-13-15-33-30(35-27)34-22-7-4-6-21(31)17-22/h2-3,5,8-10,13-16,21-23H,4,6-7,11-12,17-18H2,1H3,(H,33,34,35)/t21-,22-/m1/s1. The van der Waals surface area contributed by atoms with Crippen molar-refractivity contribution in [1.29, 1.82) is 0 Å². The van der Waals surface area contributed by atoms with Crippen LogP contribution >= 0.6 is 0 Å². The first-order valence-electron chi connectivity index (χ1n) is 13.5. The lowest BCUT2D eigenvalue weighted by molar-refractivity contribution is 0.239. The molecule has 2 aliphatic carbocycles. The molecule has 39 heavy (non-hydrogen) atoms. The number of aryl methyl sites for hydroxylation is 1. The summed E-state index contributed by atoms with van der Waals surface area (Å²) in [7, 11) is -3.17. The molecule has 0 amide bonds. The van der Waals surface area contributed by atoms with Gasteiger partial charge < -0.3 is 10.1 Å². The largest absolute Gasteiger partial charge is 0.437 e. The predicted molar refractivity (Wildman–Crippen MR) is 150 cm³/mol. The van der Waals surface area contributed by atoms with Crippen molar-refractivity contribution in [1.82, 2.24) is 15.0 Å². The number of fused-ring (bicyclic) bond motifs is 1. The van der Waals surface area contributed by atoms with Crippen LogP contribution in [0.5, 0.6) is 11.6 Å². The fraction of sp³-hybridized carbons (Fsp3) is 0.367. The van der Waals surface area contributed by atoms with Gasteiger partial charge in [0, 0.05) is 23.8 Å². The van der Waals surface area contributed by atoms with Crippen LogP contribution in [0.4, 0.5) is 10.3 Å². The van der Waals surface area contributed by atoms with Crippen molar-refractivity contribution >= 4 is 26.6 Å². The Morgan fingerprint density at radius 3 is 2.62 bits per heavy atom. The molecule has 2 aromatic heterocycles. The van der Waals surface area contributed by atoms with Crippen LogP contribution in [0.1, 0.15) is 49.7 Å². The highest BCUT2D eigenvalue weighted by Gasteiger charge is 2.36. The summed E-state index contributed by atoms with van der Waals surface area (Å²) in [5.74, 6) is 1.48. The monoisotopic (exact) mass is 546 g/mol. The van der Waals surface area contributed by atoms with E-state index in [2.05, 4.69) is 15.3 Å². The first-order valence-corrected chi connectivity index (χ1v) is 15.2. The van der Waals surface area contributed by atoms with Gasteiger partial charge in [-0.05, 0) is 80.2 Å². The Morgan fingerprint density at radius 2 is 1.82 bits per heavy atom. The summed E-state index contributed by atoms with van der Waals surface area (Å²) in [4.78, 5) is 13.6. The normalized spacial score (nSPS) is 19.6. The molecule has 2 fully saturated rings. The quantitative estimate of drug-likeness (QED) is 0.267. The van der Waals surface area contributed by atoms with Gasteiger partial charge in [0.2, 0.25) is 11.8 Å². The third-order valence-electron chi connectivity index (χ3n) is 7.50. The summed E-state index contributed by atoms with van der Waals surface area (Å²) in [6.45, 7) is 1.92. The molecule has 0 aliphatic heterocycles. The smallest absolute Gasteiger partial charge is 0.228 e. The summed E-state index contributed by atoms with van der Waals surface area (Å²) < 4.78 is 45.9. The van der Waals surface area contributed by atoms with Crippen LogP contribution in [-0.4, -0.2) is 40.8 Å². The van der Waals surface area contributed by atoms with Crippen molar-refractivity contribution < 1.29 is 17.5 Å². The van der Waals surface area contributed by atoms with E-state index in [1.807, 2.05) is 49.4 Å². The molecule has 7 nitrogen and oxygen atoms in total. The number of nitrogens with one attached hydrogen (secondary N) is 1. The van der Waals surface area contributed by atoms with Gasteiger partial charge in [0.25, 0.3) is 0 Å². The highest BCUT2D eigenvalue weighted by molar-refractivity contribution is 7.91. The van der Waals surface area contributed by atoms with Gasteiger partial charge in [-0.2, -0.15) is 0 Å². The second-order valence-electron chi connectivity index (χ2n) is 10.6. The minimum atomic E-state index is -3.17. The second-order valence-corrected chi connectivity index (χ2v) is 12.8. The maximum absolute atomic E-state index is 13.9. The third kappa shape index (κ3) is 5.59. The van der Waals surface area contributed by atoms with E-state index >= 15 is 0 Å². The highest BCUT2D eigenvalue weighted by atomic mass is 32.2. The lowest BCUT2D eigenvalue weighted by Crippen LogP contribution is -2.28. The summed E-state index contributed by atoms with van der Waals surface area (Å²) >= 11 is 0. The number of hydrogen-bond acceptors (Lipinski definition) is 7. The van der Waals surface area contributed by atoms with Gasteiger partial charge in [-0.15, -0.1) is 0 Å². The van der Waals surface area contributed by atoms with Crippen LogP contribution < -0.4 is 10.1 Å². The lowest BCUT2D eigenvalue weighted by Gasteiger charge is -2.25. The van der Waals surface area contributed by atoms with Crippen molar-refractivity contribution in [2.45, 2.75) is 68.7 Å². The van der Waals surface area contributed by atoms with Gasteiger partial charge >= 0.3 is 0 Å². The van der Waals surface area contributed by atoms with Crippen LogP contribution in [0.15, 0.2) is 60.9 Å². The summed E-state index contributed by atoms with van der Waals surface area (Å²) in [5.41, 5.74) is 2.94. The fourth-order valence-electron chi connectivity index (χ4n) is 5.38. The number of benzene rings is 2. The zero-order valence-electron chi connectivity index (χ0n) is 21.8. The first kappa shape index (κ1) is 25.7. The van der Waals surface area contributed by atoms with Crippen LogP contribution in [0.3, 0.4) is 0 Å². The van der Waals surface area contributed by atoms with Gasteiger partial charge in [-0.3, -0.25) is 0 Å². The Bertz CT molecular complexity index is 1620. The number of nitrogens with zero attached hydrogens (tertiary/aromatic N) is 3. The van der Waals surface area contributed by atoms with E-state index < -0.39 is 16.0 Å². The third-order valence-corrected chi connectivity index (χ3v) is 9.70. The van der Waals surface area contributed by atoms with Gasteiger partial charge in [-0.25, -0.2) is 27.8 Å². The number of alkyl halides is 1. The van der Waals surface area contributed by atoms with E-state index in [0.717, 1.165) is 47.6 Å². The van der Waals surface area contributed by atoms with Crippen molar-refractivity contribution in [2.24, 2.45) is 0 Å². The maximum atomic E-state index is 13.9. The molecule has 202 valence electrons. The minimum absolute atomic E-state index is 0.00451. The molecule has 0 spiro atoms. The topological polar surface area (TPSA) is 94.1 Å². The van der Waals surface area contributed by atoms with Crippen LogP contribution in [-0.2, 0) is 15.6 Å². The molecule has 0 bridgehead atoms. The molecular weight excluding hydrogens is 515 g/mol. The molecule has 1 N–H and O–H groups in total. The SMILES string of the molecule is Cc1cc(CS(=O)(=O)C2CC2)c2ccccc2c1Oc1ncccc1-c1ccnc(N[C@@H]2CCC[C@@H](F)C2)n1. The zero-order chi connectivity index (χ0) is 27.0. The minimum Gasteiger partial charge on any atom is -0.437 e. The van der Waals surface area contributed by atoms with Crippen LogP contribution in [0, 0.1) is 6.92 Å². The number of sulfone groups is 1. The average Bonchev–Trinajstić information content (AvgIpc) is 3.78. The maximum Gasteiger partial charge on any atom is 0.228 e.